The number of urea groups is 1. The van der Waals surface area contributed by atoms with E-state index in [1.807, 2.05) is 34.6 Å². The Bertz CT molecular complexity index is 714. The Hall–Kier alpha value is -1.47. The quantitative estimate of drug-likeness (QED) is 0.750. The first-order valence-electron chi connectivity index (χ1n) is 8.09. The second-order valence-corrected chi connectivity index (χ2v) is 9.12. The molecule has 1 N–H and O–H groups in total. The molecular formula is C17H27ClN2O4S. The molecule has 0 aliphatic heterocycles. The molecule has 1 aromatic rings. The molecule has 0 aliphatic carbocycles. The summed E-state index contributed by atoms with van der Waals surface area (Å²) in [4.78, 5) is 14.3. The number of amides is 2. The van der Waals surface area contributed by atoms with Crippen LogP contribution in [0.15, 0.2) is 18.2 Å². The normalized spacial score (nSPS) is 13.2. The van der Waals surface area contributed by atoms with Gasteiger partial charge in [-0.25, -0.2) is 4.79 Å². The van der Waals surface area contributed by atoms with Gasteiger partial charge in [-0.15, -0.1) is 0 Å². The third-order valence-electron chi connectivity index (χ3n) is 3.47. The van der Waals surface area contributed by atoms with Crippen molar-refractivity contribution >= 4 is 27.8 Å². The zero-order valence-electron chi connectivity index (χ0n) is 15.6. The fraction of sp³-hybridized carbons (Fsp3) is 0.588. The Balaban J connectivity index is 3.19. The van der Waals surface area contributed by atoms with Crippen molar-refractivity contribution in [2.45, 2.75) is 59.2 Å². The topological polar surface area (TPSA) is 75.7 Å². The molecule has 1 atom stereocenters. The molecule has 0 fully saturated rings. The van der Waals surface area contributed by atoms with Gasteiger partial charge in [-0.2, -0.15) is 8.42 Å². The van der Waals surface area contributed by atoms with E-state index in [9.17, 15) is 13.2 Å². The van der Waals surface area contributed by atoms with E-state index in [-0.39, 0.29) is 29.9 Å². The van der Waals surface area contributed by atoms with E-state index in [0.29, 0.717) is 10.6 Å². The Morgan fingerprint density at radius 1 is 1.36 bits per heavy atom. The van der Waals surface area contributed by atoms with Gasteiger partial charge in [-0.05, 0) is 52.3 Å². The summed E-state index contributed by atoms with van der Waals surface area (Å²) in [5.41, 5.74) is 0.144. The molecule has 0 spiro atoms. The van der Waals surface area contributed by atoms with Crippen molar-refractivity contribution in [1.29, 1.82) is 0 Å². The van der Waals surface area contributed by atoms with Crippen molar-refractivity contribution in [2.24, 2.45) is 0 Å². The van der Waals surface area contributed by atoms with Crippen LogP contribution in [0.3, 0.4) is 0 Å². The summed E-state index contributed by atoms with van der Waals surface area (Å²) in [6.45, 7) is 9.80. The Kier molecular flexibility index (Phi) is 7.14. The van der Waals surface area contributed by atoms with Crippen LogP contribution < -0.4 is 9.50 Å². The second-order valence-electron chi connectivity index (χ2n) is 7.10. The second kappa shape index (κ2) is 8.27. The lowest BCUT2D eigenvalue weighted by Gasteiger charge is -2.32. The first-order valence-corrected chi connectivity index (χ1v) is 10.3. The maximum Gasteiger partial charge on any atom is 0.318 e. The number of carbonyl (C=O) groups is 1. The van der Waals surface area contributed by atoms with Gasteiger partial charge in [0.1, 0.15) is 5.75 Å². The molecule has 2 amide bonds. The summed E-state index contributed by atoms with van der Waals surface area (Å²) >= 11 is 6.05. The van der Waals surface area contributed by atoms with Gasteiger partial charge in [0.15, 0.2) is 0 Å². The van der Waals surface area contributed by atoms with Crippen LogP contribution in [-0.4, -0.2) is 37.2 Å². The molecule has 0 aromatic heterocycles. The zero-order chi connectivity index (χ0) is 19.4. The number of rotatable bonds is 6. The van der Waals surface area contributed by atoms with Crippen LogP contribution in [0.1, 0.15) is 46.6 Å². The van der Waals surface area contributed by atoms with Crippen molar-refractivity contribution < 1.29 is 17.4 Å². The van der Waals surface area contributed by atoms with Crippen LogP contribution in [-0.2, 0) is 16.7 Å². The number of hydrogen-bond acceptors (Lipinski definition) is 4. The summed E-state index contributed by atoms with van der Waals surface area (Å²) in [5, 5.41) is 3.37. The van der Waals surface area contributed by atoms with Crippen molar-refractivity contribution in [2.75, 3.05) is 6.26 Å². The average Bonchev–Trinajstić information content (AvgIpc) is 2.43. The number of benzene rings is 1. The largest absolute Gasteiger partial charge is 0.382 e. The molecule has 1 unspecified atom stereocenters. The highest BCUT2D eigenvalue weighted by molar-refractivity contribution is 7.86. The number of nitrogens with zero attached hydrogens (tertiary/aromatic N) is 1. The van der Waals surface area contributed by atoms with Gasteiger partial charge in [-0.1, -0.05) is 18.5 Å². The minimum Gasteiger partial charge on any atom is -0.382 e. The predicted octanol–water partition coefficient (Wildman–Crippen LogP) is 3.79. The SMILES string of the molecule is CCC(C)N(Cc1cc(Cl)ccc1OS(C)(=O)=O)C(=O)NC(C)(C)C. The highest BCUT2D eigenvalue weighted by Crippen LogP contribution is 2.26. The summed E-state index contributed by atoms with van der Waals surface area (Å²) in [6.07, 6.45) is 1.73. The number of halogens is 1. The Morgan fingerprint density at radius 2 is 1.96 bits per heavy atom. The van der Waals surface area contributed by atoms with E-state index in [2.05, 4.69) is 5.32 Å². The van der Waals surface area contributed by atoms with Crippen molar-refractivity contribution in [3.05, 3.63) is 28.8 Å². The maximum atomic E-state index is 12.7. The van der Waals surface area contributed by atoms with E-state index >= 15 is 0 Å². The summed E-state index contributed by atoms with van der Waals surface area (Å²) in [7, 11) is -3.69. The van der Waals surface area contributed by atoms with Gasteiger partial charge in [-0.3, -0.25) is 0 Å². The molecule has 0 bridgehead atoms. The monoisotopic (exact) mass is 390 g/mol. The molecule has 0 heterocycles. The Morgan fingerprint density at radius 3 is 2.44 bits per heavy atom. The van der Waals surface area contributed by atoms with Crippen LogP contribution in [0.4, 0.5) is 4.79 Å². The zero-order valence-corrected chi connectivity index (χ0v) is 17.2. The molecule has 6 nitrogen and oxygen atoms in total. The van der Waals surface area contributed by atoms with Gasteiger partial charge < -0.3 is 14.4 Å². The number of nitrogens with one attached hydrogen (secondary N) is 1. The summed E-state index contributed by atoms with van der Waals surface area (Å²) < 4.78 is 28.0. The van der Waals surface area contributed by atoms with Crippen molar-refractivity contribution in [1.82, 2.24) is 10.2 Å². The van der Waals surface area contributed by atoms with Crippen LogP contribution in [0, 0.1) is 0 Å². The summed E-state index contributed by atoms with van der Waals surface area (Å²) in [5.74, 6) is 0.170. The van der Waals surface area contributed by atoms with E-state index in [4.69, 9.17) is 15.8 Å². The number of hydrogen-bond donors (Lipinski definition) is 1. The molecule has 0 radical (unpaired) electrons. The fourth-order valence-electron chi connectivity index (χ4n) is 2.14. The lowest BCUT2D eigenvalue weighted by molar-refractivity contribution is 0.164. The molecule has 0 saturated heterocycles. The first kappa shape index (κ1) is 21.6. The van der Waals surface area contributed by atoms with E-state index in [1.54, 1.807) is 17.0 Å². The first-order chi connectivity index (χ1) is 11.3. The van der Waals surface area contributed by atoms with Crippen LogP contribution >= 0.6 is 11.6 Å². The van der Waals surface area contributed by atoms with E-state index in [1.165, 1.54) is 6.07 Å². The minimum atomic E-state index is -3.69. The van der Waals surface area contributed by atoms with Crippen LogP contribution in [0.25, 0.3) is 0 Å². The highest BCUT2D eigenvalue weighted by Gasteiger charge is 2.25. The van der Waals surface area contributed by atoms with Gasteiger partial charge in [0.25, 0.3) is 0 Å². The third kappa shape index (κ3) is 7.52. The minimum absolute atomic E-state index is 0.0487. The van der Waals surface area contributed by atoms with E-state index < -0.39 is 10.1 Å². The molecular weight excluding hydrogens is 364 g/mol. The van der Waals surface area contributed by atoms with Crippen molar-refractivity contribution in [3.8, 4) is 5.75 Å². The van der Waals surface area contributed by atoms with Crippen LogP contribution in [0.5, 0.6) is 5.75 Å². The molecule has 0 saturated carbocycles. The Labute approximate surface area is 155 Å². The third-order valence-corrected chi connectivity index (χ3v) is 4.19. The average molecular weight is 391 g/mol. The van der Waals surface area contributed by atoms with Gasteiger partial charge in [0.05, 0.1) is 12.8 Å². The molecule has 25 heavy (non-hydrogen) atoms. The smallest absolute Gasteiger partial charge is 0.318 e. The lowest BCUT2D eigenvalue weighted by Crippen LogP contribution is -2.50. The highest BCUT2D eigenvalue weighted by atomic mass is 35.5. The van der Waals surface area contributed by atoms with Gasteiger partial charge in [0, 0.05) is 22.2 Å². The van der Waals surface area contributed by atoms with Crippen LogP contribution in [0.2, 0.25) is 5.02 Å². The summed E-state index contributed by atoms with van der Waals surface area (Å²) in [6, 6.07) is 4.38. The van der Waals surface area contributed by atoms with Crippen molar-refractivity contribution in [3.63, 3.8) is 0 Å². The van der Waals surface area contributed by atoms with E-state index in [0.717, 1.165) is 12.7 Å². The molecule has 8 heteroatoms. The molecule has 1 rings (SSSR count). The molecule has 0 aliphatic rings. The maximum absolute atomic E-state index is 12.7. The lowest BCUT2D eigenvalue weighted by atomic mass is 10.1. The van der Waals surface area contributed by atoms with Gasteiger partial charge in [0.2, 0.25) is 0 Å². The standard InChI is InChI=1S/C17H27ClN2O4S/c1-7-12(2)20(16(21)19-17(3,4)5)11-13-10-14(18)8-9-15(13)24-25(6,22)23/h8-10,12H,7,11H2,1-6H3,(H,19,21). The van der Waals surface area contributed by atoms with Gasteiger partial charge >= 0.3 is 16.1 Å². The molecule has 1 aromatic carbocycles. The molecule has 142 valence electrons. The number of carbonyl (C=O) groups excluding carboxylic acids is 1. The fourth-order valence-corrected chi connectivity index (χ4v) is 2.82. The predicted molar refractivity (Wildman–Crippen MR) is 101 cm³/mol.